The van der Waals surface area contributed by atoms with Crippen molar-refractivity contribution < 1.29 is 24.2 Å². The first-order valence-corrected chi connectivity index (χ1v) is 6.61. The van der Waals surface area contributed by atoms with Gasteiger partial charge in [-0.25, -0.2) is 4.79 Å². The number of carbonyl (C=O) groups is 2. The van der Waals surface area contributed by atoms with Gasteiger partial charge in [-0.2, -0.15) is 5.10 Å². The molecule has 0 saturated heterocycles. The first kappa shape index (κ1) is 13.1. The van der Waals surface area contributed by atoms with E-state index in [4.69, 9.17) is 4.74 Å². The highest BCUT2D eigenvalue weighted by Gasteiger charge is 2.56. The fraction of sp³-hybridized carbons (Fsp3) is 0.615. The molecular weight excluding hydrogens is 264 g/mol. The minimum atomic E-state index is -0.671. The highest BCUT2D eigenvalue weighted by Crippen LogP contribution is 2.62. The van der Waals surface area contributed by atoms with Crippen LogP contribution in [0.5, 0.6) is 0 Å². The van der Waals surface area contributed by atoms with E-state index in [2.05, 4.69) is 9.84 Å². The summed E-state index contributed by atoms with van der Waals surface area (Å²) in [5.41, 5.74) is 1.51. The van der Waals surface area contributed by atoms with Crippen LogP contribution in [0.3, 0.4) is 0 Å². The van der Waals surface area contributed by atoms with E-state index in [-0.39, 0.29) is 30.7 Å². The normalized spacial score (nSPS) is 25.9. The number of fused-ring (bicyclic) bond motifs is 3. The van der Waals surface area contributed by atoms with E-state index in [0.29, 0.717) is 5.69 Å². The van der Waals surface area contributed by atoms with E-state index >= 15 is 0 Å². The molecule has 1 saturated carbocycles. The summed E-state index contributed by atoms with van der Waals surface area (Å²) in [6.45, 7) is 1.86. The zero-order chi connectivity index (χ0) is 14.4. The summed E-state index contributed by atoms with van der Waals surface area (Å²) < 4.78 is 11.0. The Balaban J connectivity index is 2.00. The number of carbonyl (C=O) groups excluding carboxylic acids is 2. The molecule has 7 nitrogen and oxygen atoms in total. The van der Waals surface area contributed by atoms with Gasteiger partial charge in [0.2, 0.25) is 0 Å². The molecule has 0 aromatic carbocycles. The summed E-state index contributed by atoms with van der Waals surface area (Å²) in [4.78, 5) is 23.4. The maximum Gasteiger partial charge on any atom is 0.359 e. The predicted molar refractivity (Wildman–Crippen MR) is 66.0 cm³/mol. The lowest BCUT2D eigenvalue weighted by molar-refractivity contribution is -0.141. The highest BCUT2D eigenvalue weighted by atomic mass is 16.5. The van der Waals surface area contributed by atoms with Gasteiger partial charge in [-0.05, 0) is 25.2 Å². The average Bonchev–Trinajstić information content (AvgIpc) is 3.05. The van der Waals surface area contributed by atoms with Crippen molar-refractivity contribution in [2.75, 3.05) is 13.7 Å². The van der Waals surface area contributed by atoms with Gasteiger partial charge in [-0.1, -0.05) is 0 Å². The van der Waals surface area contributed by atoms with Crippen LogP contribution in [-0.4, -0.2) is 40.5 Å². The second-order valence-corrected chi connectivity index (χ2v) is 5.05. The summed E-state index contributed by atoms with van der Waals surface area (Å²) in [5.74, 6) is -0.684. The second-order valence-electron chi connectivity index (χ2n) is 5.05. The average molecular weight is 280 g/mol. The standard InChI is InChI=1S/C13H16N2O5/c1-3-20-13(18)10-9-6-4-7(6)12(17)11(9)15(14-10)5-8(16)19-2/h6-7,12,17H,3-5H2,1-2H3/t6-,7?,12?/m0/s1. The van der Waals surface area contributed by atoms with E-state index in [1.165, 1.54) is 11.8 Å². The molecule has 2 aliphatic carbocycles. The second kappa shape index (κ2) is 4.59. The summed E-state index contributed by atoms with van der Waals surface area (Å²) in [6.07, 6.45) is 0.181. The van der Waals surface area contributed by atoms with Crippen molar-refractivity contribution in [3.63, 3.8) is 0 Å². The van der Waals surface area contributed by atoms with Crippen LogP contribution in [0.25, 0.3) is 0 Å². The number of methoxy groups -OCH3 is 1. The summed E-state index contributed by atoms with van der Waals surface area (Å²) in [5, 5.41) is 14.4. The molecule has 0 aliphatic heterocycles. The molecule has 7 heteroatoms. The van der Waals surface area contributed by atoms with Crippen molar-refractivity contribution in [3.05, 3.63) is 17.0 Å². The van der Waals surface area contributed by atoms with E-state index < -0.39 is 18.0 Å². The Bertz CT molecular complexity index is 580. The number of esters is 2. The van der Waals surface area contributed by atoms with Gasteiger partial charge in [0.1, 0.15) is 6.54 Å². The molecule has 1 heterocycles. The number of ether oxygens (including phenoxy) is 2. The molecule has 1 aromatic rings. The van der Waals surface area contributed by atoms with Crippen LogP contribution in [0.15, 0.2) is 0 Å². The van der Waals surface area contributed by atoms with Crippen LogP contribution in [0, 0.1) is 5.92 Å². The molecule has 1 N–H and O–H groups in total. The van der Waals surface area contributed by atoms with Gasteiger partial charge in [-0.3, -0.25) is 9.48 Å². The molecule has 2 unspecified atom stereocenters. The van der Waals surface area contributed by atoms with Crippen molar-refractivity contribution in [2.45, 2.75) is 31.9 Å². The van der Waals surface area contributed by atoms with Crippen LogP contribution >= 0.6 is 0 Å². The first-order chi connectivity index (χ1) is 9.58. The Hall–Kier alpha value is -1.89. The number of hydrogen-bond acceptors (Lipinski definition) is 6. The van der Waals surface area contributed by atoms with Crippen LogP contribution < -0.4 is 0 Å². The van der Waals surface area contributed by atoms with Crippen molar-refractivity contribution in [1.29, 1.82) is 0 Å². The molecule has 3 atom stereocenters. The molecular formula is C13H16N2O5. The van der Waals surface area contributed by atoms with E-state index in [0.717, 1.165) is 12.0 Å². The lowest BCUT2D eigenvalue weighted by Crippen LogP contribution is -2.17. The molecule has 0 radical (unpaired) electrons. The number of nitrogens with zero attached hydrogens (tertiary/aromatic N) is 2. The molecule has 0 amide bonds. The Morgan fingerprint density at radius 1 is 1.50 bits per heavy atom. The van der Waals surface area contributed by atoms with Gasteiger partial charge in [0.15, 0.2) is 5.69 Å². The van der Waals surface area contributed by atoms with E-state index in [9.17, 15) is 14.7 Å². The third-order valence-corrected chi connectivity index (χ3v) is 3.90. The largest absolute Gasteiger partial charge is 0.468 e. The summed E-state index contributed by atoms with van der Waals surface area (Å²) in [7, 11) is 1.28. The molecule has 0 spiro atoms. The summed E-state index contributed by atoms with van der Waals surface area (Å²) in [6, 6.07) is 0. The van der Waals surface area contributed by atoms with Gasteiger partial charge in [-0.15, -0.1) is 0 Å². The minimum absolute atomic E-state index is 0.116. The Morgan fingerprint density at radius 2 is 2.25 bits per heavy atom. The Kier molecular flexibility index (Phi) is 3.01. The van der Waals surface area contributed by atoms with Crippen LogP contribution in [0.2, 0.25) is 0 Å². The zero-order valence-electron chi connectivity index (χ0n) is 11.3. The SMILES string of the molecule is CCOC(=O)c1nn(CC(=O)OC)c2c1[C@H]1CC1C2O. The lowest BCUT2D eigenvalue weighted by Gasteiger charge is -2.09. The molecule has 2 aliphatic rings. The molecule has 1 aromatic heterocycles. The highest BCUT2D eigenvalue weighted by molar-refractivity contribution is 5.90. The van der Waals surface area contributed by atoms with Crippen molar-refractivity contribution in [1.82, 2.24) is 9.78 Å². The minimum Gasteiger partial charge on any atom is -0.468 e. The third-order valence-electron chi connectivity index (χ3n) is 3.90. The van der Waals surface area contributed by atoms with Crippen molar-refractivity contribution >= 4 is 11.9 Å². The van der Waals surface area contributed by atoms with Crippen LogP contribution in [0.1, 0.15) is 47.1 Å². The number of hydrogen-bond donors (Lipinski definition) is 1. The van der Waals surface area contributed by atoms with Gasteiger partial charge in [0, 0.05) is 5.56 Å². The van der Waals surface area contributed by atoms with Crippen LogP contribution in [-0.2, 0) is 20.8 Å². The van der Waals surface area contributed by atoms with Gasteiger partial charge in [0.25, 0.3) is 0 Å². The van der Waals surface area contributed by atoms with Gasteiger partial charge in [0.05, 0.1) is 25.5 Å². The predicted octanol–water partition coefficient (Wildman–Crippen LogP) is 0.383. The lowest BCUT2D eigenvalue weighted by atomic mass is 10.1. The monoisotopic (exact) mass is 280 g/mol. The first-order valence-electron chi connectivity index (χ1n) is 6.61. The zero-order valence-corrected chi connectivity index (χ0v) is 11.3. The Labute approximate surface area is 115 Å². The molecule has 20 heavy (non-hydrogen) atoms. The number of aromatic nitrogens is 2. The number of rotatable bonds is 4. The molecule has 3 rings (SSSR count). The molecule has 108 valence electrons. The fourth-order valence-electron chi connectivity index (χ4n) is 2.92. The molecule has 1 fully saturated rings. The maximum absolute atomic E-state index is 11.9. The van der Waals surface area contributed by atoms with Gasteiger partial charge >= 0.3 is 11.9 Å². The smallest absolute Gasteiger partial charge is 0.359 e. The van der Waals surface area contributed by atoms with Crippen LogP contribution in [0.4, 0.5) is 0 Å². The third kappa shape index (κ3) is 1.81. The molecule has 0 bridgehead atoms. The van der Waals surface area contributed by atoms with Crippen molar-refractivity contribution in [2.24, 2.45) is 5.92 Å². The quantitative estimate of drug-likeness (QED) is 0.802. The number of aliphatic hydroxyl groups excluding tert-OH is 1. The Morgan fingerprint density at radius 3 is 2.90 bits per heavy atom. The summed E-state index contributed by atoms with van der Waals surface area (Å²) >= 11 is 0. The van der Waals surface area contributed by atoms with E-state index in [1.54, 1.807) is 6.92 Å². The topological polar surface area (TPSA) is 90.7 Å². The van der Waals surface area contributed by atoms with Gasteiger partial charge < -0.3 is 14.6 Å². The maximum atomic E-state index is 11.9. The number of aliphatic hydroxyl groups is 1. The van der Waals surface area contributed by atoms with Crippen molar-refractivity contribution in [3.8, 4) is 0 Å². The van der Waals surface area contributed by atoms with E-state index in [1.807, 2.05) is 0 Å². The fourth-order valence-corrected chi connectivity index (χ4v) is 2.92.